The molecule has 2 amide bonds. The number of anilines is 1. The Balaban J connectivity index is 1.67. The van der Waals surface area contributed by atoms with Crippen LogP contribution in [0.5, 0.6) is 0 Å². The third kappa shape index (κ3) is 3.91. The fourth-order valence-corrected chi connectivity index (χ4v) is 3.61. The van der Waals surface area contributed by atoms with Crippen molar-refractivity contribution in [3.05, 3.63) is 82.3 Å². The number of para-hydroxylation sites is 1. The molecule has 0 atom stereocenters. The SMILES string of the molecule is O=C1NC(=S)N(c2ccccc2F)C(=O)C1=Cc1ccc(-c2ccc(C(=O)O)c(Cl)c2)o1. The molecule has 10 heteroatoms. The van der Waals surface area contributed by atoms with Crippen molar-refractivity contribution in [3.8, 4) is 11.3 Å². The number of halogens is 2. The van der Waals surface area contributed by atoms with E-state index in [0.29, 0.717) is 11.3 Å². The van der Waals surface area contributed by atoms with Gasteiger partial charge in [-0.1, -0.05) is 29.8 Å². The molecule has 2 heterocycles. The number of carbonyl (C=O) groups excluding carboxylic acids is 2. The van der Waals surface area contributed by atoms with Crippen LogP contribution < -0.4 is 10.2 Å². The summed E-state index contributed by atoms with van der Waals surface area (Å²) in [4.78, 5) is 37.3. The molecular weight excluding hydrogens is 459 g/mol. The lowest BCUT2D eigenvalue weighted by molar-refractivity contribution is -0.122. The van der Waals surface area contributed by atoms with E-state index in [1.54, 1.807) is 6.07 Å². The van der Waals surface area contributed by atoms with Crippen LogP contribution in [0.2, 0.25) is 5.02 Å². The van der Waals surface area contributed by atoms with Gasteiger partial charge in [0, 0.05) is 5.56 Å². The molecule has 2 N–H and O–H groups in total. The zero-order valence-electron chi connectivity index (χ0n) is 16.0. The predicted octanol–water partition coefficient (Wildman–Crippen LogP) is 4.27. The normalized spacial score (nSPS) is 15.2. The predicted molar refractivity (Wildman–Crippen MR) is 119 cm³/mol. The highest BCUT2D eigenvalue weighted by molar-refractivity contribution is 7.80. The molecule has 160 valence electrons. The first-order valence-electron chi connectivity index (χ1n) is 9.05. The number of carboxylic acids is 1. The second kappa shape index (κ2) is 8.37. The summed E-state index contributed by atoms with van der Waals surface area (Å²) in [5.74, 6) is -2.90. The Labute approximate surface area is 190 Å². The van der Waals surface area contributed by atoms with Crippen molar-refractivity contribution < 1.29 is 28.3 Å². The minimum atomic E-state index is -1.16. The van der Waals surface area contributed by atoms with Gasteiger partial charge in [-0.2, -0.15) is 0 Å². The number of nitrogens with one attached hydrogen (secondary N) is 1. The molecule has 1 aliphatic rings. The van der Waals surface area contributed by atoms with Gasteiger partial charge in [0.2, 0.25) is 0 Å². The lowest BCUT2D eigenvalue weighted by Gasteiger charge is -2.28. The van der Waals surface area contributed by atoms with Crippen molar-refractivity contribution in [2.75, 3.05) is 4.90 Å². The van der Waals surface area contributed by atoms with Gasteiger partial charge < -0.3 is 9.52 Å². The average molecular weight is 471 g/mol. The second-order valence-electron chi connectivity index (χ2n) is 6.61. The first kappa shape index (κ1) is 21.4. The van der Waals surface area contributed by atoms with Gasteiger partial charge in [0.15, 0.2) is 5.11 Å². The molecule has 32 heavy (non-hydrogen) atoms. The highest BCUT2D eigenvalue weighted by Crippen LogP contribution is 2.29. The van der Waals surface area contributed by atoms with Gasteiger partial charge in [0.1, 0.15) is 22.9 Å². The third-order valence-electron chi connectivity index (χ3n) is 4.59. The van der Waals surface area contributed by atoms with Crippen LogP contribution in [0.15, 0.2) is 64.6 Å². The highest BCUT2D eigenvalue weighted by atomic mass is 35.5. The van der Waals surface area contributed by atoms with Crippen molar-refractivity contribution >= 4 is 58.5 Å². The molecular formula is C22H12ClFN2O5S. The maximum atomic E-state index is 14.2. The van der Waals surface area contributed by atoms with Crippen LogP contribution in [0.1, 0.15) is 16.1 Å². The molecule has 0 bridgehead atoms. The van der Waals surface area contributed by atoms with Gasteiger partial charge >= 0.3 is 5.97 Å². The first-order valence-corrected chi connectivity index (χ1v) is 9.84. The summed E-state index contributed by atoms with van der Waals surface area (Å²) in [6, 6.07) is 12.9. The molecule has 1 aliphatic heterocycles. The fraction of sp³-hybridized carbons (Fsp3) is 0. The van der Waals surface area contributed by atoms with Gasteiger partial charge in [0.25, 0.3) is 11.8 Å². The monoisotopic (exact) mass is 470 g/mol. The van der Waals surface area contributed by atoms with E-state index in [9.17, 15) is 18.8 Å². The van der Waals surface area contributed by atoms with Gasteiger partial charge in [-0.25, -0.2) is 14.1 Å². The molecule has 1 aromatic heterocycles. The van der Waals surface area contributed by atoms with Crippen LogP contribution in [-0.2, 0) is 9.59 Å². The lowest BCUT2D eigenvalue weighted by Crippen LogP contribution is -2.54. The van der Waals surface area contributed by atoms with E-state index < -0.39 is 23.6 Å². The second-order valence-corrected chi connectivity index (χ2v) is 7.40. The zero-order valence-corrected chi connectivity index (χ0v) is 17.5. The Morgan fingerprint density at radius 2 is 1.91 bits per heavy atom. The van der Waals surface area contributed by atoms with Crippen LogP contribution in [0.4, 0.5) is 10.1 Å². The minimum Gasteiger partial charge on any atom is -0.478 e. The maximum absolute atomic E-state index is 14.2. The Kier molecular flexibility index (Phi) is 5.60. The van der Waals surface area contributed by atoms with Crippen molar-refractivity contribution in [1.29, 1.82) is 0 Å². The Bertz CT molecular complexity index is 1330. The first-order chi connectivity index (χ1) is 15.3. The number of thiocarbonyl (C=S) groups is 1. The molecule has 0 saturated carbocycles. The lowest BCUT2D eigenvalue weighted by atomic mass is 10.1. The van der Waals surface area contributed by atoms with Crippen molar-refractivity contribution in [1.82, 2.24) is 5.32 Å². The molecule has 2 aromatic carbocycles. The molecule has 0 aliphatic carbocycles. The molecule has 0 radical (unpaired) electrons. The van der Waals surface area contributed by atoms with E-state index in [4.69, 9.17) is 33.3 Å². The third-order valence-corrected chi connectivity index (χ3v) is 5.19. The summed E-state index contributed by atoms with van der Waals surface area (Å²) in [6.45, 7) is 0. The summed E-state index contributed by atoms with van der Waals surface area (Å²) in [7, 11) is 0. The van der Waals surface area contributed by atoms with Gasteiger partial charge in [-0.15, -0.1) is 0 Å². The number of carboxylic acid groups (broad SMARTS) is 1. The van der Waals surface area contributed by atoms with Crippen molar-refractivity contribution in [3.63, 3.8) is 0 Å². The van der Waals surface area contributed by atoms with Crippen LogP contribution in [0.3, 0.4) is 0 Å². The molecule has 1 fully saturated rings. The number of benzene rings is 2. The number of hydrogen-bond donors (Lipinski definition) is 2. The number of rotatable bonds is 4. The van der Waals surface area contributed by atoms with E-state index in [1.807, 2.05) is 0 Å². The van der Waals surface area contributed by atoms with E-state index in [1.165, 1.54) is 54.6 Å². The van der Waals surface area contributed by atoms with E-state index >= 15 is 0 Å². The number of carbonyl (C=O) groups is 3. The molecule has 0 unspecified atom stereocenters. The maximum Gasteiger partial charge on any atom is 0.337 e. The zero-order chi connectivity index (χ0) is 23.0. The van der Waals surface area contributed by atoms with Crippen LogP contribution in [0.25, 0.3) is 17.4 Å². The Hall–Kier alpha value is -3.82. The summed E-state index contributed by atoms with van der Waals surface area (Å²) >= 11 is 11.0. The van der Waals surface area contributed by atoms with E-state index in [-0.39, 0.29) is 32.7 Å². The van der Waals surface area contributed by atoms with Gasteiger partial charge in [-0.05, 0) is 54.7 Å². The van der Waals surface area contributed by atoms with Gasteiger partial charge in [0.05, 0.1) is 16.3 Å². The fourth-order valence-electron chi connectivity index (χ4n) is 3.08. The Morgan fingerprint density at radius 1 is 1.16 bits per heavy atom. The smallest absolute Gasteiger partial charge is 0.337 e. The molecule has 3 aromatic rings. The number of hydrogen-bond acceptors (Lipinski definition) is 5. The molecule has 0 spiro atoms. The standard InChI is InChI=1S/C22H12ClFN2O5S/c23-15-9-11(5-7-13(15)21(29)30)18-8-6-12(31-18)10-14-19(27)25-22(32)26(20(14)28)17-4-2-1-3-16(17)24/h1-10H,(H,29,30)(H,25,27,32). The van der Waals surface area contributed by atoms with Crippen LogP contribution >= 0.6 is 23.8 Å². The number of furan rings is 1. The summed E-state index contributed by atoms with van der Waals surface area (Å²) in [6.07, 6.45) is 1.21. The van der Waals surface area contributed by atoms with Crippen molar-refractivity contribution in [2.24, 2.45) is 0 Å². The largest absolute Gasteiger partial charge is 0.478 e. The Morgan fingerprint density at radius 3 is 2.59 bits per heavy atom. The number of nitrogens with zero attached hydrogens (tertiary/aromatic N) is 1. The molecule has 4 rings (SSSR count). The van der Waals surface area contributed by atoms with Crippen LogP contribution in [0, 0.1) is 5.82 Å². The topological polar surface area (TPSA) is 99.9 Å². The summed E-state index contributed by atoms with van der Waals surface area (Å²) in [5.41, 5.74) is 0.0416. The number of aromatic carboxylic acids is 1. The quantitative estimate of drug-likeness (QED) is 0.335. The minimum absolute atomic E-state index is 0.0298. The van der Waals surface area contributed by atoms with Crippen LogP contribution in [-0.4, -0.2) is 28.0 Å². The number of amides is 2. The van der Waals surface area contributed by atoms with E-state index in [2.05, 4.69) is 5.32 Å². The summed E-state index contributed by atoms with van der Waals surface area (Å²) in [5, 5.41) is 11.2. The van der Waals surface area contributed by atoms with E-state index in [0.717, 1.165) is 4.90 Å². The molecule has 7 nitrogen and oxygen atoms in total. The summed E-state index contributed by atoms with van der Waals surface area (Å²) < 4.78 is 19.9. The molecule has 1 saturated heterocycles. The van der Waals surface area contributed by atoms with Crippen molar-refractivity contribution in [2.45, 2.75) is 0 Å². The van der Waals surface area contributed by atoms with Gasteiger partial charge in [-0.3, -0.25) is 14.9 Å². The average Bonchev–Trinajstić information content (AvgIpc) is 3.21. The highest BCUT2D eigenvalue weighted by Gasteiger charge is 2.35.